The number of benzene rings is 1. The quantitative estimate of drug-likeness (QED) is 0.650. The van der Waals surface area contributed by atoms with Crippen LogP contribution in [0.15, 0.2) is 24.3 Å². The van der Waals surface area contributed by atoms with Crippen molar-refractivity contribution in [3.8, 4) is 26.9 Å². The molecule has 0 amide bonds. The number of nitrogens with zero attached hydrogens (tertiary/aromatic N) is 4. The third kappa shape index (κ3) is 3.95. The molecular formula is C21H26N4OS. The van der Waals surface area contributed by atoms with Crippen LogP contribution >= 0.6 is 11.3 Å². The Hall–Kier alpha value is -2.47. The van der Waals surface area contributed by atoms with Crippen LogP contribution in [0.1, 0.15) is 37.6 Å². The Labute approximate surface area is 164 Å². The van der Waals surface area contributed by atoms with Gasteiger partial charge in [-0.15, -0.1) is 10.2 Å². The number of phenols is 1. The first-order chi connectivity index (χ1) is 13.0. The van der Waals surface area contributed by atoms with Crippen molar-refractivity contribution in [2.24, 2.45) is 0 Å². The fraction of sp³-hybridized carbons (Fsp3) is 0.381. The van der Waals surface area contributed by atoms with E-state index in [1.807, 2.05) is 32.9 Å². The van der Waals surface area contributed by atoms with Crippen LogP contribution in [0.25, 0.3) is 21.1 Å². The predicted octanol–water partition coefficient (Wildman–Crippen LogP) is 5.00. The Bertz CT molecular complexity index is 947. The predicted molar refractivity (Wildman–Crippen MR) is 113 cm³/mol. The second-order valence-corrected chi connectivity index (χ2v) is 7.57. The Morgan fingerprint density at radius 3 is 2.15 bits per heavy atom. The van der Waals surface area contributed by atoms with Crippen LogP contribution in [0.5, 0.6) is 5.75 Å². The lowest BCUT2D eigenvalue weighted by atomic mass is 10.0. The van der Waals surface area contributed by atoms with Gasteiger partial charge in [-0.05, 0) is 69.5 Å². The average Bonchev–Trinajstić information content (AvgIpc) is 3.15. The molecule has 0 atom stereocenters. The lowest BCUT2D eigenvalue weighted by Crippen LogP contribution is -2.23. The minimum absolute atomic E-state index is 0.375. The van der Waals surface area contributed by atoms with Crippen molar-refractivity contribution in [1.29, 1.82) is 0 Å². The van der Waals surface area contributed by atoms with E-state index in [9.17, 15) is 5.11 Å². The number of rotatable bonds is 6. The topological polar surface area (TPSA) is 62.1 Å². The highest BCUT2D eigenvalue weighted by Gasteiger charge is 2.14. The van der Waals surface area contributed by atoms with Crippen LogP contribution in [0.4, 0.5) is 5.82 Å². The van der Waals surface area contributed by atoms with E-state index < -0.39 is 0 Å². The van der Waals surface area contributed by atoms with Crippen molar-refractivity contribution in [3.63, 3.8) is 0 Å². The Morgan fingerprint density at radius 1 is 0.926 bits per heavy atom. The molecule has 2 aromatic heterocycles. The van der Waals surface area contributed by atoms with Crippen LogP contribution in [0.2, 0.25) is 0 Å². The molecule has 3 aromatic rings. The smallest absolute Gasteiger partial charge is 0.148 e. The van der Waals surface area contributed by atoms with E-state index in [1.165, 1.54) is 0 Å². The number of pyridine rings is 1. The zero-order valence-electron chi connectivity index (χ0n) is 16.6. The molecule has 0 aliphatic rings. The van der Waals surface area contributed by atoms with Crippen molar-refractivity contribution in [1.82, 2.24) is 15.2 Å². The number of aromatic nitrogens is 3. The van der Waals surface area contributed by atoms with Gasteiger partial charge in [-0.3, -0.25) is 0 Å². The maximum absolute atomic E-state index is 10.2. The second kappa shape index (κ2) is 8.05. The molecule has 0 aliphatic heterocycles. The van der Waals surface area contributed by atoms with Gasteiger partial charge >= 0.3 is 0 Å². The van der Waals surface area contributed by atoms with Gasteiger partial charge in [-0.1, -0.05) is 18.3 Å². The second-order valence-electron chi connectivity index (χ2n) is 6.59. The van der Waals surface area contributed by atoms with Gasteiger partial charge in [0, 0.05) is 29.9 Å². The molecule has 0 unspecified atom stereocenters. The van der Waals surface area contributed by atoms with Crippen molar-refractivity contribution >= 4 is 17.2 Å². The lowest BCUT2D eigenvalue weighted by Gasteiger charge is -2.20. The molecule has 0 spiro atoms. The maximum Gasteiger partial charge on any atom is 0.148 e. The van der Waals surface area contributed by atoms with Gasteiger partial charge in [0.05, 0.1) is 0 Å². The largest absolute Gasteiger partial charge is 0.507 e. The van der Waals surface area contributed by atoms with Crippen LogP contribution < -0.4 is 4.90 Å². The van der Waals surface area contributed by atoms with E-state index in [1.54, 1.807) is 11.3 Å². The van der Waals surface area contributed by atoms with E-state index >= 15 is 0 Å². The number of hydrogen-bond donors (Lipinski definition) is 1. The zero-order valence-corrected chi connectivity index (χ0v) is 17.4. The first-order valence-electron chi connectivity index (χ1n) is 9.37. The lowest BCUT2D eigenvalue weighted by molar-refractivity contribution is 0.465. The van der Waals surface area contributed by atoms with Gasteiger partial charge < -0.3 is 10.0 Å². The molecule has 0 radical (unpaired) electrons. The molecular weight excluding hydrogens is 356 g/mol. The maximum atomic E-state index is 10.2. The molecule has 0 bridgehead atoms. The SMILES string of the molecule is CCc1cc(-c2nnc(-c3cc(C)nc(N(CC)CC)c3)s2)cc(C)c1O. The fourth-order valence-corrected chi connectivity index (χ4v) is 4.00. The highest BCUT2D eigenvalue weighted by Crippen LogP contribution is 2.35. The van der Waals surface area contributed by atoms with E-state index in [-0.39, 0.29) is 0 Å². The van der Waals surface area contributed by atoms with E-state index in [0.717, 1.165) is 63.3 Å². The van der Waals surface area contributed by atoms with Crippen LogP contribution in [0, 0.1) is 13.8 Å². The molecule has 0 saturated carbocycles. The van der Waals surface area contributed by atoms with Gasteiger partial charge in [0.2, 0.25) is 0 Å². The fourth-order valence-electron chi connectivity index (χ4n) is 3.19. The van der Waals surface area contributed by atoms with Gasteiger partial charge in [-0.25, -0.2) is 4.98 Å². The van der Waals surface area contributed by atoms with Gasteiger partial charge in [0.15, 0.2) is 0 Å². The number of anilines is 1. The monoisotopic (exact) mass is 382 g/mol. The molecule has 0 saturated heterocycles. The normalized spacial score (nSPS) is 11.0. The third-order valence-corrected chi connectivity index (χ3v) is 5.73. The van der Waals surface area contributed by atoms with E-state index in [0.29, 0.717) is 5.75 Å². The summed E-state index contributed by atoms with van der Waals surface area (Å²) in [7, 11) is 0. The number of aryl methyl sites for hydroxylation is 3. The van der Waals surface area contributed by atoms with Crippen molar-refractivity contribution in [3.05, 3.63) is 41.1 Å². The average molecular weight is 383 g/mol. The summed E-state index contributed by atoms with van der Waals surface area (Å²) in [4.78, 5) is 6.90. The molecule has 6 heteroatoms. The van der Waals surface area contributed by atoms with Crippen molar-refractivity contribution in [2.45, 2.75) is 41.0 Å². The summed E-state index contributed by atoms with van der Waals surface area (Å²) in [6.45, 7) is 12.1. The summed E-state index contributed by atoms with van der Waals surface area (Å²) in [5.74, 6) is 1.35. The molecule has 0 aliphatic carbocycles. The van der Waals surface area contributed by atoms with Crippen LogP contribution in [0.3, 0.4) is 0 Å². The van der Waals surface area contributed by atoms with Gasteiger partial charge in [0.25, 0.3) is 0 Å². The minimum atomic E-state index is 0.375. The Morgan fingerprint density at radius 2 is 1.56 bits per heavy atom. The summed E-state index contributed by atoms with van der Waals surface area (Å²) >= 11 is 1.57. The van der Waals surface area contributed by atoms with Crippen LogP contribution in [-0.4, -0.2) is 33.4 Å². The third-order valence-electron chi connectivity index (χ3n) is 4.71. The zero-order chi connectivity index (χ0) is 19.6. The number of aromatic hydroxyl groups is 1. The minimum Gasteiger partial charge on any atom is -0.507 e. The van der Waals surface area contributed by atoms with E-state index in [2.05, 4.69) is 46.1 Å². The summed E-state index contributed by atoms with van der Waals surface area (Å²) in [5, 5.41) is 20.7. The molecule has 0 fully saturated rings. The Kier molecular flexibility index (Phi) is 5.75. The highest BCUT2D eigenvalue weighted by molar-refractivity contribution is 7.17. The molecule has 1 N–H and O–H groups in total. The number of phenolic OH excluding ortho intramolecular Hbond substituents is 1. The Balaban J connectivity index is 2.01. The molecule has 2 heterocycles. The molecule has 1 aromatic carbocycles. The van der Waals surface area contributed by atoms with Crippen molar-refractivity contribution < 1.29 is 5.11 Å². The first kappa shape index (κ1) is 19.3. The first-order valence-corrected chi connectivity index (χ1v) is 10.2. The molecule has 27 heavy (non-hydrogen) atoms. The van der Waals surface area contributed by atoms with Gasteiger partial charge in [-0.2, -0.15) is 0 Å². The molecule has 5 nitrogen and oxygen atoms in total. The standard InChI is InChI=1S/C21H26N4OS/c1-6-15-11-16(9-13(4)19(15)26)20-23-24-21(27-20)17-10-14(5)22-18(12-17)25(7-2)8-3/h9-12,26H,6-8H2,1-5H3. The molecule has 3 rings (SSSR count). The van der Waals surface area contributed by atoms with Gasteiger partial charge in [0.1, 0.15) is 21.6 Å². The molecule has 142 valence electrons. The van der Waals surface area contributed by atoms with Crippen LogP contribution in [-0.2, 0) is 6.42 Å². The van der Waals surface area contributed by atoms with Crippen molar-refractivity contribution in [2.75, 3.05) is 18.0 Å². The highest BCUT2D eigenvalue weighted by atomic mass is 32.1. The van der Waals surface area contributed by atoms with E-state index in [4.69, 9.17) is 0 Å². The summed E-state index contributed by atoms with van der Waals surface area (Å²) in [5.41, 5.74) is 4.81. The summed E-state index contributed by atoms with van der Waals surface area (Å²) < 4.78 is 0. The number of hydrogen-bond acceptors (Lipinski definition) is 6. The summed E-state index contributed by atoms with van der Waals surface area (Å²) in [6.07, 6.45) is 0.781. The summed E-state index contributed by atoms with van der Waals surface area (Å²) in [6, 6.07) is 8.12.